The van der Waals surface area contributed by atoms with Crippen LogP contribution in [-0.2, 0) is 7.05 Å². The van der Waals surface area contributed by atoms with Gasteiger partial charge in [0, 0.05) is 13.2 Å². The first-order valence-electron chi connectivity index (χ1n) is 4.44. The van der Waals surface area contributed by atoms with Gasteiger partial charge in [0.15, 0.2) is 11.6 Å². The van der Waals surface area contributed by atoms with E-state index in [1.54, 1.807) is 24.1 Å². The number of nitrogens with one attached hydrogen (secondary N) is 2. The molecule has 0 aliphatic heterocycles. The lowest BCUT2D eigenvalue weighted by molar-refractivity contribution is 0.619. The van der Waals surface area contributed by atoms with Gasteiger partial charge in [0.2, 0.25) is 5.95 Å². The minimum absolute atomic E-state index is 0.0379. The number of hydrazine groups is 1. The Morgan fingerprint density at radius 2 is 2.25 bits per heavy atom. The molecule has 0 saturated heterocycles. The Morgan fingerprint density at radius 1 is 1.44 bits per heavy atom. The maximum atomic E-state index is 13.3. The molecular formula is C8H10FN7. The fourth-order valence-electron chi connectivity index (χ4n) is 1.15. The van der Waals surface area contributed by atoms with Crippen LogP contribution in [0.1, 0.15) is 0 Å². The zero-order valence-corrected chi connectivity index (χ0v) is 8.48. The largest absolute Gasteiger partial charge is 0.335 e. The van der Waals surface area contributed by atoms with Crippen molar-refractivity contribution in [2.24, 2.45) is 12.9 Å². The van der Waals surface area contributed by atoms with E-state index in [0.717, 1.165) is 6.20 Å². The minimum Gasteiger partial charge on any atom is -0.335 e. The van der Waals surface area contributed by atoms with Gasteiger partial charge >= 0.3 is 0 Å². The summed E-state index contributed by atoms with van der Waals surface area (Å²) in [5.74, 6) is 4.73. The third kappa shape index (κ3) is 2.06. The van der Waals surface area contributed by atoms with E-state index in [1.807, 2.05) is 0 Å². The van der Waals surface area contributed by atoms with Gasteiger partial charge in [0.1, 0.15) is 0 Å². The molecule has 84 valence electrons. The standard InChI is InChI=1S/C8H10FN7/c1-16-4-5(2-12-16)13-7-6(9)3-11-8(14-7)15-10/h2-4H,10H2,1H3,(H2,11,13,14,15). The summed E-state index contributed by atoms with van der Waals surface area (Å²) >= 11 is 0. The van der Waals surface area contributed by atoms with Gasteiger partial charge < -0.3 is 5.32 Å². The summed E-state index contributed by atoms with van der Waals surface area (Å²) in [6.07, 6.45) is 4.27. The van der Waals surface area contributed by atoms with Crippen LogP contribution in [0.25, 0.3) is 0 Å². The van der Waals surface area contributed by atoms with Crippen LogP contribution in [0.15, 0.2) is 18.6 Å². The molecule has 0 saturated carbocycles. The Labute approximate surface area is 90.5 Å². The molecule has 4 N–H and O–H groups in total. The molecule has 8 heteroatoms. The molecule has 2 rings (SSSR count). The quantitative estimate of drug-likeness (QED) is 0.514. The van der Waals surface area contributed by atoms with E-state index in [2.05, 4.69) is 25.8 Å². The molecule has 0 aliphatic carbocycles. The first kappa shape index (κ1) is 10.3. The van der Waals surface area contributed by atoms with Crippen molar-refractivity contribution in [3.63, 3.8) is 0 Å². The Morgan fingerprint density at radius 3 is 2.88 bits per heavy atom. The molecule has 0 bridgehead atoms. The summed E-state index contributed by atoms with van der Waals surface area (Å²) < 4.78 is 14.9. The molecule has 0 fully saturated rings. The molecule has 0 atom stereocenters. The highest BCUT2D eigenvalue weighted by atomic mass is 19.1. The number of aromatic nitrogens is 4. The number of nitrogen functional groups attached to an aromatic ring is 1. The maximum absolute atomic E-state index is 13.3. The lowest BCUT2D eigenvalue weighted by Crippen LogP contribution is -2.11. The highest BCUT2D eigenvalue weighted by Gasteiger charge is 2.07. The summed E-state index contributed by atoms with van der Waals surface area (Å²) in [5, 5.41) is 6.70. The zero-order valence-electron chi connectivity index (χ0n) is 8.48. The topological polar surface area (TPSA) is 93.7 Å². The highest BCUT2D eigenvalue weighted by molar-refractivity contribution is 5.55. The van der Waals surface area contributed by atoms with Gasteiger partial charge in [0.25, 0.3) is 0 Å². The summed E-state index contributed by atoms with van der Waals surface area (Å²) in [6.45, 7) is 0. The molecule has 2 aromatic rings. The summed E-state index contributed by atoms with van der Waals surface area (Å²) in [4.78, 5) is 7.45. The van der Waals surface area contributed by atoms with Crippen LogP contribution >= 0.6 is 0 Å². The number of aryl methyl sites for hydroxylation is 1. The van der Waals surface area contributed by atoms with Gasteiger partial charge in [-0.2, -0.15) is 10.1 Å². The third-order valence-electron chi connectivity index (χ3n) is 1.84. The predicted octanol–water partition coefficient (Wildman–Crippen LogP) is 0.378. The average molecular weight is 223 g/mol. The van der Waals surface area contributed by atoms with Gasteiger partial charge in [0.05, 0.1) is 18.1 Å². The van der Waals surface area contributed by atoms with Crippen LogP contribution in [0, 0.1) is 5.82 Å². The zero-order chi connectivity index (χ0) is 11.5. The smallest absolute Gasteiger partial charge is 0.239 e. The van der Waals surface area contributed by atoms with Gasteiger partial charge in [-0.05, 0) is 0 Å². The van der Waals surface area contributed by atoms with Crippen molar-refractivity contribution in [2.45, 2.75) is 0 Å². The number of halogens is 1. The maximum Gasteiger partial charge on any atom is 0.239 e. The first-order chi connectivity index (χ1) is 7.69. The van der Waals surface area contributed by atoms with Crippen LogP contribution < -0.4 is 16.6 Å². The number of anilines is 3. The number of rotatable bonds is 3. The normalized spacial score (nSPS) is 10.2. The van der Waals surface area contributed by atoms with E-state index in [1.165, 1.54) is 0 Å². The first-order valence-corrected chi connectivity index (χ1v) is 4.44. The van der Waals surface area contributed by atoms with Crippen LogP contribution in [0.3, 0.4) is 0 Å². The van der Waals surface area contributed by atoms with Gasteiger partial charge in [-0.15, -0.1) is 0 Å². The van der Waals surface area contributed by atoms with Gasteiger partial charge in [-0.3, -0.25) is 10.1 Å². The van der Waals surface area contributed by atoms with E-state index >= 15 is 0 Å². The second-order valence-electron chi connectivity index (χ2n) is 3.06. The van der Waals surface area contributed by atoms with E-state index in [-0.39, 0.29) is 11.8 Å². The van der Waals surface area contributed by atoms with Crippen molar-refractivity contribution in [3.05, 3.63) is 24.4 Å². The molecular weight excluding hydrogens is 213 g/mol. The van der Waals surface area contributed by atoms with Crippen molar-refractivity contribution in [3.8, 4) is 0 Å². The second-order valence-corrected chi connectivity index (χ2v) is 3.06. The molecule has 7 nitrogen and oxygen atoms in total. The number of nitrogens with zero attached hydrogens (tertiary/aromatic N) is 4. The van der Waals surface area contributed by atoms with Gasteiger partial charge in [-0.1, -0.05) is 0 Å². The molecule has 0 aromatic carbocycles. The van der Waals surface area contributed by atoms with Crippen LogP contribution in [0.5, 0.6) is 0 Å². The lowest BCUT2D eigenvalue weighted by atomic mass is 10.5. The minimum atomic E-state index is -0.567. The average Bonchev–Trinajstić information content (AvgIpc) is 2.67. The Hall–Kier alpha value is -2.22. The molecule has 0 aliphatic rings. The molecule has 16 heavy (non-hydrogen) atoms. The van der Waals surface area contributed by atoms with E-state index in [4.69, 9.17) is 5.84 Å². The van der Waals surface area contributed by atoms with Crippen molar-refractivity contribution in [1.82, 2.24) is 19.7 Å². The molecule has 0 radical (unpaired) electrons. The summed E-state index contributed by atoms with van der Waals surface area (Å²) in [5.41, 5.74) is 2.86. The number of hydrogen-bond donors (Lipinski definition) is 3. The third-order valence-corrected chi connectivity index (χ3v) is 1.84. The van der Waals surface area contributed by atoms with Crippen molar-refractivity contribution in [1.29, 1.82) is 0 Å². The molecule has 0 amide bonds. The Bertz CT molecular complexity index is 495. The van der Waals surface area contributed by atoms with Crippen molar-refractivity contribution < 1.29 is 4.39 Å². The van der Waals surface area contributed by atoms with Crippen molar-refractivity contribution in [2.75, 3.05) is 10.7 Å². The summed E-state index contributed by atoms with van der Waals surface area (Å²) in [6, 6.07) is 0. The highest BCUT2D eigenvalue weighted by Crippen LogP contribution is 2.17. The number of nitrogens with two attached hydrogens (primary N) is 1. The monoisotopic (exact) mass is 223 g/mol. The van der Waals surface area contributed by atoms with E-state index < -0.39 is 5.82 Å². The van der Waals surface area contributed by atoms with Crippen molar-refractivity contribution >= 4 is 17.5 Å². The fraction of sp³-hybridized carbons (Fsp3) is 0.125. The fourth-order valence-corrected chi connectivity index (χ4v) is 1.15. The Kier molecular flexibility index (Phi) is 2.64. The molecule has 0 unspecified atom stereocenters. The van der Waals surface area contributed by atoms with Crippen LogP contribution in [-0.4, -0.2) is 19.7 Å². The number of hydrogen-bond acceptors (Lipinski definition) is 6. The lowest BCUT2D eigenvalue weighted by Gasteiger charge is -2.05. The predicted molar refractivity (Wildman–Crippen MR) is 56.3 cm³/mol. The summed E-state index contributed by atoms with van der Waals surface area (Å²) in [7, 11) is 1.76. The SMILES string of the molecule is Cn1cc(Nc2nc(NN)ncc2F)cn1. The second kappa shape index (κ2) is 4.11. The molecule has 0 spiro atoms. The van der Waals surface area contributed by atoms with Crippen LogP contribution in [0.2, 0.25) is 0 Å². The van der Waals surface area contributed by atoms with Gasteiger partial charge in [-0.25, -0.2) is 15.2 Å². The Balaban J connectivity index is 2.26. The van der Waals surface area contributed by atoms with E-state index in [0.29, 0.717) is 5.69 Å². The van der Waals surface area contributed by atoms with E-state index in [9.17, 15) is 4.39 Å². The van der Waals surface area contributed by atoms with Crippen LogP contribution in [0.4, 0.5) is 21.8 Å². The molecule has 2 aromatic heterocycles. The molecule has 2 heterocycles.